The van der Waals surface area contributed by atoms with Crippen molar-refractivity contribution in [1.29, 1.82) is 0 Å². The largest absolute Gasteiger partial charge is 0.314 e. The molecule has 1 fully saturated rings. The molecular weight excluding hydrogens is 228 g/mol. The van der Waals surface area contributed by atoms with Crippen LogP contribution in [-0.4, -0.2) is 37.7 Å². The van der Waals surface area contributed by atoms with Crippen LogP contribution in [0.3, 0.4) is 0 Å². The third-order valence-corrected chi connectivity index (χ3v) is 3.54. The van der Waals surface area contributed by atoms with Crippen LogP contribution in [0, 0.1) is 0 Å². The second-order valence-electron chi connectivity index (χ2n) is 4.85. The van der Waals surface area contributed by atoms with Gasteiger partial charge in [0.05, 0.1) is 7.11 Å². The molecule has 1 aliphatic rings. The third kappa shape index (κ3) is 2.71. The summed E-state index contributed by atoms with van der Waals surface area (Å²) >= 11 is 0. The molecule has 1 saturated heterocycles. The van der Waals surface area contributed by atoms with Crippen molar-refractivity contribution in [2.24, 2.45) is 0 Å². The van der Waals surface area contributed by atoms with E-state index in [1.54, 1.807) is 7.05 Å². The fourth-order valence-electron chi connectivity index (χ4n) is 2.35. The van der Waals surface area contributed by atoms with Gasteiger partial charge < -0.3 is 5.32 Å². The highest BCUT2D eigenvalue weighted by atomic mass is 16.7. The van der Waals surface area contributed by atoms with E-state index < -0.39 is 0 Å². The van der Waals surface area contributed by atoms with Gasteiger partial charge in [0.15, 0.2) is 0 Å². The molecule has 0 aliphatic carbocycles. The predicted molar refractivity (Wildman–Crippen MR) is 70.4 cm³/mol. The molecule has 1 heterocycles. The Morgan fingerprint density at radius 3 is 2.56 bits per heavy atom. The van der Waals surface area contributed by atoms with Crippen molar-refractivity contribution in [1.82, 2.24) is 10.4 Å². The number of hydroxylamine groups is 2. The predicted octanol–water partition coefficient (Wildman–Crippen LogP) is 1.79. The first-order valence-electron chi connectivity index (χ1n) is 6.27. The molecule has 1 aliphatic heterocycles. The molecular formula is C14H20N2O2. The Kier molecular flexibility index (Phi) is 3.99. The van der Waals surface area contributed by atoms with Gasteiger partial charge in [0.25, 0.3) is 5.91 Å². The molecule has 0 spiro atoms. The van der Waals surface area contributed by atoms with E-state index in [4.69, 9.17) is 4.84 Å². The highest BCUT2D eigenvalue weighted by molar-refractivity contribution is 5.93. The van der Waals surface area contributed by atoms with Crippen LogP contribution in [0.2, 0.25) is 0 Å². The van der Waals surface area contributed by atoms with Gasteiger partial charge in [-0.1, -0.05) is 12.1 Å². The minimum atomic E-state index is -0.123. The first kappa shape index (κ1) is 13.1. The summed E-state index contributed by atoms with van der Waals surface area (Å²) in [6.07, 6.45) is 1.16. The Labute approximate surface area is 108 Å². The van der Waals surface area contributed by atoms with Crippen molar-refractivity contribution in [2.75, 3.05) is 20.7 Å². The minimum Gasteiger partial charge on any atom is -0.314 e. The van der Waals surface area contributed by atoms with Crippen LogP contribution in [0.5, 0.6) is 0 Å². The van der Waals surface area contributed by atoms with E-state index in [0.29, 0.717) is 17.5 Å². The molecule has 1 amide bonds. The zero-order valence-electron chi connectivity index (χ0n) is 11.1. The van der Waals surface area contributed by atoms with Gasteiger partial charge >= 0.3 is 0 Å². The van der Waals surface area contributed by atoms with Crippen LogP contribution in [0.1, 0.15) is 35.2 Å². The zero-order chi connectivity index (χ0) is 13.1. The van der Waals surface area contributed by atoms with Crippen molar-refractivity contribution in [3.8, 4) is 0 Å². The Balaban J connectivity index is 2.08. The molecule has 2 rings (SSSR count). The molecule has 98 valence electrons. The van der Waals surface area contributed by atoms with Crippen LogP contribution in [0.4, 0.5) is 0 Å². The summed E-state index contributed by atoms with van der Waals surface area (Å²) in [5, 5.41) is 4.67. The molecule has 0 bridgehead atoms. The normalized spacial score (nSPS) is 23.1. The van der Waals surface area contributed by atoms with Gasteiger partial charge in [-0.2, -0.15) is 0 Å². The fourth-order valence-corrected chi connectivity index (χ4v) is 2.35. The van der Waals surface area contributed by atoms with Gasteiger partial charge in [0, 0.05) is 25.2 Å². The fraction of sp³-hybridized carbons (Fsp3) is 0.500. The highest BCUT2D eigenvalue weighted by Gasteiger charge is 2.22. The quantitative estimate of drug-likeness (QED) is 0.829. The van der Waals surface area contributed by atoms with E-state index in [2.05, 4.69) is 12.2 Å². The SMILES string of the molecule is CON(C)C(=O)c1ccc([C@@H]2CN[C@@H](C)C2)cc1. The minimum absolute atomic E-state index is 0.123. The van der Waals surface area contributed by atoms with Crippen LogP contribution >= 0.6 is 0 Å². The standard InChI is InChI=1S/C14H20N2O2/c1-10-8-13(9-15-10)11-4-6-12(7-5-11)14(17)16(2)18-3/h4-7,10,13,15H,8-9H2,1-3H3/t10-,13-/m0/s1. The molecule has 18 heavy (non-hydrogen) atoms. The molecule has 1 N–H and O–H groups in total. The number of nitrogens with zero attached hydrogens (tertiary/aromatic N) is 1. The number of nitrogens with one attached hydrogen (secondary N) is 1. The molecule has 0 aromatic heterocycles. The lowest BCUT2D eigenvalue weighted by Crippen LogP contribution is -2.25. The average molecular weight is 248 g/mol. The van der Waals surface area contributed by atoms with Crippen LogP contribution < -0.4 is 5.32 Å². The Hall–Kier alpha value is -1.39. The number of benzene rings is 1. The van der Waals surface area contributed by atoms with E-state index in [0.717, 1.165) is 13.0 Å². The van der Waals surface area contributed by atoms with Gasteiger partial charge in [-0.3, -0.25) is 9.63 Å². The lowest BCUT2D eigenvalue weighted by Gasteiger charge is -2.14. The number of hydrogen-bond acceptors (Lipinski definition) is 3. The van der Waals surface area contributed by atoms with E-state index in [9.17, 15) is 4.79 Å². The Bertz CT molecular complexity index is 416. The number of carbonyl (C=O) groups excluding carboxylic acids is 1. The van der Waals surface area contributed by atoms with Crippen molar-refractivity contribution in [3.63, 3.8) is 0 Å². The molecule has 0 radical (unpaired) electrons. The summed E-state index contributed by atoms with van der Waals surface area (Å²) in [5.41, 5.74) is 1.95. The molecule has 4 nitrogen and oxygen atoms in total. The second kappa shape index (κ2) is 5.50. The van der Waals surface area contributed by atoms with Gasteiger partial charge in [-0.25, -0.2) is 5.06 Å². The lowest BCUT2D eigenvalue weighted by molar-refractivity contribution is -0.0757. The van der Waals surface area contributed by atoms with Crippen LogP contribution in [0.25, 0.3) is 0 Å². The Morgan fingerprint density at radius 2 is 2.06 bits per heavy atom. The summed E-state index contributed by atoms with van der Waals surface area (Å²) in [4.78, 5) is 16.7. The van der Waals surface area contributed by atoms with Crippen molar-refractivity contribution in [2.45, 2.75) is 25.3 Å². The number of amides is 1. The summed E-state index contributed by atoms with van der Waals surface area (Å²) in [5.74, 6) is 0.436. The van der Waals surface area contributed by atoms with E-state index in [1.807, 2.05) is 24.3 Å². The molecule has 4 heteroatoms. The van der Waals surface area contributed by atoms with Gasteiger partial charge in [0.1, 0.15) is 0 Å². The molecule has 1 aromatic carbocycles. The van der Waals surface area contributed by atoms with Crippen molar-refractivity contribution >= 4 is 5.91 Å². The number of carbonyl (C=O) groups is 1. The topological polar surface area (TPSA) is 41.6 Å². The van der Waals surface area contributed by atoms with Gasteiger partial charge in [-0.15, -0.1) is 0 Å². The summed E-state index contributed by atoms with van der Waals surface area (Å²) in [6, 6.07) is 8.41. The third-order valence-electron chi connectivity index (χ3n) is 3.54. The average Bonchev–Trinajstić information content (AvgIpc) is 2.84. The molecule has 0 unspecified atom stereocenters. The molecule has 1 aromatic rings. The van der Waals surface area contributed by atoms with Gasteiger partial charge in [0.2, 0.25) is 0 Å². The van der Waals surface area contributed by atoms with Gasteiger partial charge in [-0.05, 0) is 37.0 Å². The van der Waals surface area contributed by atoms with Crippen LogP contribution in [0.15, 0.2) is 24.3 Å². The van der Waals surface area contributed by atoms with Crippen molar-refractivity contribution in [3.05, 3.63) is 35.4 Å². The number of hydrogen-bond donors (Lipinski definition) is 1. The van der Waals surface area contributed by atoms with E-state index >= 15 is 0 Å². The first-order valence-corrected chi connectivity index (χ1v) is 6.27. The maximum Gasteiger partial charge on any atom is 0.277 e. The van der Waals surface area contributed by atoms with E-state index in [1.165, 1.54) is 17.7 Å². The first-order chi connectivity index (χ1) is 8.61. The summed E-state index contributed by atoms with van der Waals surface area (Å²) in [6.45, 7) is 3.22. The smallest absolute Gasteiger partial charge is 0.277 e. The summed E-state index contributed by atoms with van der Waals surface area (Å²) in [7, 11) is 3.09. The molecule has 2 atom stereocenters. The lowest BCUT2D eigenvalue weighted by atomic mass is 9.95. The van der Waals surface area contributed by atoms with Crippen LogP contribution in [-0.2, 0) is 4.84 Å². The maximum atomic E-state index is 11.8. The number of rotatable bonds is 3. The zero-order valence-corrected chi connectivity index (χ0v) is 11.1. The monoisotopic (exact) mass is 248 g/mol. The maximum absolute atomic E-state index is 11.8. The second-order valence-corrected chi connectivity index (χ2v) is 4.85. The Morgan fingerprint density at radius 1 is 1.39 bits per heavy atom. The van der Waals surface area contributed by atoms with E-state index in [-0.39, 0.29) is 5.91 Å². The highest BCUT2D eigenvalue weighted by Crippen LogP contribution is 2.25. The van der Waals surface area contributed by atoms with Crippen molar-refractivity contribution < 1.29 is 9.63 Å². The summed E-state index contributed by atoms with van der Waals surface area (Å²) < 4.78 is 0. The molecule has 0 saturated carbocycles.